The molecule has 2 rings (SSSR count). The van der Waals surface area contributed by atoms with Crippen LogP contribution in [0.3, 0.4) is 0 Å². The fourth-order valence-electron chi connectivity index (χ4n) is 2.97. The monoisotopic (exact) mass is 316 g/mol. The fraction of sp³-hybridized carbons (Fsp3) is 0.846. The van der Waals surface area contributed by atoms with Gasteiger partial charge >= 0.3 is 0 Å². The highest BCUT2D eigenvalue weighted by Crippen LogP contribution is 2.39. The highest BCUT2D eigenvalue weighted by atomic mass is 32.2. The second-order valence-corrected chi connectivity index (χ2v) is 8.97. The van der Waals surface area contributed by atoms with Gasteiger partial charge in [-0.2, -0.15) is 17.0 Å². The lowest BCUT2D eigenvalue weighted by atomic mass is 9.74. The number of hydrogen-bond donors (Lipinski definition) is 0. The molecule has 1 amide bonds. The zero-order chi connectivity index (χ0) is 14.8. The van der Waals surface area contributed by atoms with Crippen LogP contribution in [0.1, 0.15) is 32.1 Å². The third kappa shape index (κ3) is 2.96. The van der Waals surface area contributed by atoms with Gasteiger partial charge in [-0.05, 0) is 12.8 Å². The third-order valence-electron chi connectivity index (χ3n) is 4.17. The first-order valence-electron chi connectivity index (χ1n) is 6.90. The molecule has 5 nitrogen and oxygen atoms in total. The molecule has 7 heteroatoms. The maximum Gasteiger partial charge on any atom is 0.244 e. The molecule has 1 saturated carbocycles. The number of nitrogens with zero attached hydrogens (tertiary/aromatic N) is 2. The fourth-order valence-corrected chi connectivity index (χ4v) is 5.79. The van der Waals surface area contributed by atoms with E-state index in [2.05, 4.69) is 6.07 Å². The smallest absolute Gasteiger partial charge is 0.244 e. The van der Waals surface area contributed by atoms with Crippen molar-refractivity contribution in [3.63, 3.8) is 0 Å². The van der Waals surface area contributed by atoms with E-state index in [1.165, 1.54) is 11.2 Å². The highest BCUT2D eigenvalue weighted by molar-refractivity contribution is 8.00. The topological polar surface area (TPSA) is 78.2 Å². The van der Waals surface area contributed by atoms with E-state index < -0.39 is 20.6 Å². The van der Waals surface area contributed by atoms with E-state index in [9.17, 15) is 18.5 Å². The van der Waals surface area contributed by atoms with Crippen molar-refractivity contribution in [2.24, 2.45) is 5.41 Å². The Morgan fingerprint density at radius 1 is 1.35 bits per heavy atom. The highest BCUT2D eigenvalue weighted by Gasteiger charge is 2.46. The van der Waals surface area contributed by atoms with Gasteiger partial charge in [0.1, 0.15) is 10.8 Å². The molecular formula is C13H20N2O3S2. The second kappa shape index (κ2) is 5.94. The summed E-state index contributed by atoms with van der Waals surface area (Å²) in [7, 11) is -3.32. The molecule has 1 saturated heterocycles. The molecule has 0 aromatic carbocycles. The van der Waals surface area contributed by atoms with Gasteiger partial charge < -0.3 is 4.90 Å². The van der Waals surface area contributed by atoms with Crippen LogP contribution in [0, 0.1) is 16.7 Å². The predicted octanol–water partition coefficient (Wildman–Crippen LogP) is 1.41. The number of rotatable bonds is 2. The number of thioether (sulfide) groups is 1. The Labute approximate surface area is 124 Å². The lowest BCUT2D eigenvalue weighted by molar-refractivity contribution is -0.141. The molecule has 1 atom stereocenters. The number of sulfone groups is 1. The summed E-state index contributed by atoms with van der Waals surface area (Å²) in [5, 5.41) is 8.70. The van der Waals surface area contributed by atoms with Crippen LogP contribution in [0.5, 0.6) is 0 Å². The van der Waals surface area contributed by atoms with Gasteiger partial charge in [-0.25, -0.2) is 8.42 Å². The first-order chi connectivity index (χ1) is 9.41. The maximum absolute atomic E-state index is 12.8. The standard InChI is InChI=1S/C13H20N2O3S2/c1-20(17,18)11-9-19-8-7-15(11)12(16)13(10-14)5-3-2-4-6-13/h11H,2-9H2,1H3. The van der Waals surface area contributed by atoms with Crippen molar-refractivity contribution in [2.45, 2.75) is 37.5 Å². The molecular weight excluding hydrogens is 296 g/mol. The Bertz CT molecular complexity index is 518. The van der Waals surface area contributed by atoms with Crippen molar-refractivity contribution in [1.82, 2.24) is 4.90 Å². The summed E-state index contributed by atoms with van der Waals surface area (Å²) in [6.07, 6.45) is 5.06. The second-order valence-electron chi connectivity index (χ2n) is 5.61. The Morgan fingerprint density at radius 3 is 2.55 bits per heavy atom. The number of amides is 1. The van der Waals surface area contributed by atoms with Gasteiger partial charge in [-0.15, -0.1) is 0 Å². The summed E-state index contributed by atoms with van der Waals surface area (Å²) in [6.45, 7) is 0.421. The summed E-state index contributed by atoms with van der Waals surface area (Å²) < 4.78 is 23.8. The molecule has 112 valence electrons. The number of carbonyl (C=O) groups is 1. The van der Waals surface area contributed by atoms with Crippen molar-refractivity contribution < 1.29 is 13.2 Å². The van der Waals surface area contributed by atoms with Gasteiger partial charge in [0.2, 0.25) is 5.91 Å². The summed E-state index contributed by atoms with van der Waals surface area (Å²) >= 11 is 1.55. The molecule has 0 radical (unpaired) electrons. The van der Waals surface area contributed by atoms with Gasteiger partial charge in [0.05, 0.1) is 6.07 Å². The van der Waals surface area contributed by atoms with Gasteiger partial charge in [0, 0.05) is 24.3 Å². The van der Waals surface area contributed by atoms with Crippen LogP contribution in [-0.4, -0.2) is 48.9 Å². The quantitative estimate of drug-likeness (QED) is 0.769. The van der Waals surface area contributed by atoms with Gasteiger partial charge in [-0.3, -0.25) is 4.79 Å². The minimum Gasteiger partial charge on any atom is -0.323 e. The van der Waals surface area contributed by atoms with Crippen LogP contribution in [0.15, 0.2) is 0 Å². The van der Waals surface area contributed by atoms with E-state index in [1.807, 2.05) is 0 Å². The molecule has 1 unspecified atom stereocenters. The van der Waals surface area contributed by atoms with Crippen molar-refractivity contribution in [1.29, 1.82) is 5.26 Å². The normalized spacial score (nSPS) is 26.8. The Hall–Kier alpha value is -0.740. The van der Waals surface area contributed by atoms with Crippen LogP contribution in [-0.2, 0) is 14.6 Å². The van der Waals surface area contributed by atoms with Gasteiger partial charge in [0.15, 0.2) is 9.84 Å². The number of carbonyl (C=O) groups excluding carboxylic acids is 1. The van der Waals surface area contributed by atoms with E-state index >= 15 is 0 Å². The minimum atomic E-state index is -3.32. The summed E-state index contributed by atoms with van der Waals surface area (Å²) in [6, 6.07) is 2.19. The summed E-state index contributed by atoms with van der Waals surface area (Å²) in [4.78, 5) is 14.2. The van der Waals surface area contributed by atoms with E-state index in [4.69, 9.17) is 0 Å². The average molecular weight is 316 g/mol. The molecule has 20 heavy (non-hydrogen) atoms. The molecule has 1 aliphatic heterocycles. The van der Waals surface area contributed by atoms with E-state index in [0.29, 0.717) is 25.1 Å². The molecule has 0 bridgehead atoms. The Balaban J connectivity index is 2.27. The van der Waals surface area contributed by atoms with E-state index in [0.717, 1.165) is 25.0 Å². The number of hydrogen-bond acceptors (Lipinski definition) is 5. The first kappa shape index (κ1) is 15.6. The van der Waals surface area contributed by atoms with Gasteiger partial charge in [0.25, 0.3) is 0 Å². The molecule has 1 aliphatic carbocycles. The Morgan fingerprint density at radius 2 is 2.00 bits per heavy atom. The lowest BCUT2D eigenvalue weighted by Gasteiger charge is -2.40. The van der Waals surface area contributed by atoms with Crippen LogP contribution < -0.4 is 0 Å². The molecule has 0 N–H and O–H groups in total. The summed E-state index contributed by atoms with van der Waals surface area (Å²) in [5.41, 5.74) is -0.997. The third-order valence-corrected chi connectivity index (χ3v) is 6.81. The van der Waals surface area contributed by atoms with Gasteiger partial charge in [-0.1, -0.05) is 19.3 Å². The van der Waals surface area contributed by atoms with Crippen LogP contribution in [0.4, 0.5) is 0 Å². The zero-order valence-electron chi connectivity index (χ0n) is 11.7. The van der Waals surface area contributed by atoms with Crippen LogP contribution >= 0.6 is 11.8 Å². The molecule has 0 spiro atoms. The molecule has 2 fully saturated rings. The van der Waals surface area contributed by atoms with Crippen LogP contribution in [0.2, 0.25) is 0 Å². The Kier molecular flexibility index (Phi) is 4.65. The van der Waals surface area contributed by atoms with Crippen molar-refractivity contribution in [3.8, 4) is 6.07 Å². The lowest BCUT2D eigenvalue weighted by Crippen LogP contribution is -2.55. The first-order valence-corrected chi connectivity index (χ1v) is 10.0. The van der Waals surface area contributed by atoms with E-state index in [-0.39, 0.29) is 5.91 Å². The molecule has 0 aromatic rings. The van der Waals surface area contributed by atoms with Crippen LogP contribution in [0.25, 0.3) is 0 Å². The summed E-state index contributed by atoms with van der Waals surface area (Å²) in [5.74, 6) is 0.876. The largest absolute Gasteiger partial charge is 0.323 e. The molecule has 0 aromatic heterocycles. The molecule has 2 aliphatic rings. The van der Waals surface area contributed by atoms with Crippen molar-refractivity contribution in [2.75, 3.05) is 24.3 Å². The average Bonchev–Trinajstić information content (AvgIpc) is 2.46. The predicted molar refractivity (Wildman–Crippen MR) is 78.8 cm³/mol. The van der Waals surface area contributed by atoms with Crippen molar-refractivity contribution >= 4 is 27.5 Å². The maximum atomic E-state index is 12.8. The van der Waals surface area contributed by atoms with E-state index in [1.54, 1.807) is 11.8 Å². The minimum absolute atomic E-state index is 0.268. The number of nitriles is 1. The van der Waals surface area contributed by atoms with Crippen molar-refractivity contribution in [3.05, 3.63) is 0 Å². The SMILES string of the molecule is CS(=O)(=O)C1CSCCN1C(=O)C1(C#N)CCCCC1. The molecule has 1 heterocycles. The zero-order valence-corrected chi connectivity index (χ0v) is 13.3.